The van der Waals surface area contributed by atoms with Gasteiger partial charge in [0.15, 0.2) is 13.6 Å². The molecule has 0 N–H and O–H groups in total. The zero-order valence-electron chi connectivity index (χ0n) is 25.6. The Morgan fingerprint density at radius 1 is 0.786 bits per heavy atom. The molecule has 1 aromatic heterocycles. The molecule has 0 aliphatic rings. The predicted molar refractivity (Wildman–Crippen MR) is 167 cm³/mol. The molecule has 4 aromatic rings. The van der Waals surface area contributed by atoms with Crippen LogP contribution < -0.4 is 9.47 Å². The number of rotatable bonds is 15. The van der Waals surface area contributed by atoms with Crippen LogP contribution in [0.3, 0.4) is 0 Å². The molecule has 42 heavy (non-hydrogen) atoms. The van der Waals surface area contributed by atoms with Crippen LogP contribution in [-0.4, -0.2) is 81.8 Å². The van der Waals surface area contributed by atoms with Crippen molar-refractivity contribution in [3.8, 4) is 11.5 Å². The van der Waals surface area contributed by atoms with E-state index >= 15 is 0 Å². The van der Waals surface area contributed by atoms with Crippen molar-refractivity contribution in [2.24, 2.45) is 0 Å². The molecule has 0 radical (unpaired) electrons. The Kier molecular flexibility index (Phi) is 11.0. The Balaban J connectivity index is 1.99. The van der Waals surface area contributed by atoms with E-state index < -0.39 is 0 Å². The Morgan fingerprint density at radius 2 is 1.31 bits per heavy atom. The van der Waals surface area contributed by atoms with E-state index in [-0.39, 0.29) is 25.4 Å². The van der Waals surface area contributed by atoms with Crippen LogP contribution in [0.5, 0.6) is 11.5 Å². The summed E-state index contributed by atoms with van der Waals surface area (Å²) in [5, 5.41) is 1.07. The molecule has 0 aliphatic carbocycles. The van der Waals surface area contributed by atoms with Gasteiger partial charge in [0, 0.05) is 62.8 Å². The number of hydrogen-bond acceptors (Lipinski definition) is 6. The van der Waals surface area contributed by atoms with E-state index in [4.69, 9.17) is 18.9 Å². The van der Waals surface area contributed by atoms with Crippen LogP contribution in [0, 0.1) is 0 Å². The van der Waals surface area contributed by atoms with Crippen molar-refractivity contribution in [2.75, 3.05) is 61.5 Å². The van der Waals surface area contributed by atoms with Crippen LogP contribution in [0.4, 0.5) is 0 Å². The lowest BCUT2D eigenvalue weighted by Crippen LogP contribution is -2.34. The van der Waals surface area contributed by atoms with Gasteiger partial charge in [0.1, 0.15) is 17.2 Å². The third-order valence-corrected chi connectivity index (χ3v) is 7.44. The summed E-state index contributed by atoms with van der Waals surface area (Å²) in [6.07, 6.45) is 0. The van der Waals surface area contributed by atoms with Gasteiger partial charge in [-0.15, -0.1) is 0 Å². The standard InChI is InChI=1S/C34H43N3O5/c1-7-36(8-2)34(38)33-32(29-11-9-10-12-30(29)37(33)22-21-35(3)4)31(25-13-17-27(18-14-25)41-23-39-5)26-15-19-28(20-16-26)42-24-40-6/h9-20,31H,7-8,21-24H2,1-6H3. The molecule has 0 saturated carbocycles. The first-order valence-corrected chi connectivity index (χ1v) is 14.4. The molecule has 0 unspecified atom stereocenters. The highest BCUT2D eigenvalue weighted by molar-refractivity contribution is 6.03. The molecule has 0 saturated heterocycles. The minimum atomic E-state index is -0.224. The minimum Gasteiger partial charge on any atom is -0.468 e. The van der Waals surface area contributed by atoms with E-state index in [1.54, 1.807) is 14.2 Å². The Hall–Kier alpha value is -3.85. The average molecular weight is 574 g/mol. The second-order valence-electron chi connectivity index (χ2n) is 10.4. The topological polar surface area (TPSA) is 65.4 Å². The fourth-order valence-corrected chi connectivity index (χ4v) is 5.34. The van der Waals surface area contributed by atoms with E-state index in [0.29, 0.717) is 19.6 Å². The number of amides is 1. The van der Waals surface area contributed by atoms with Crippen molar-refractivity contribution in [1.29, 1.82) is 0 Å². The monoisotopic (exact) mass is 573 g/mol. The number of aromatic nitrogens is 1. The van der Waals surface area contributed by atoms with Crippen LogP contribution >= 0.6 is 0 Å². The van der Waals surface area contributed by atoms with E-state index in [2.05, 4.69) is 60.0 Å². The summed E-state index contributed by atoms with van der Waals surface area (Å²) in [6.45, 7) is 7.17. The van der Waals surface area contributed by atoms with Crippen LogP contribution in [-0.2, 0) is 16.0 Å². The zero-order valence-corrected chi connectivity index (χ0v) is 25.6. The van der Waals surface area contributed by atoms with Crippen LogP contribution in [0.15, 0.2) is 72.8 Å². The Morgan fingerprint density at radius 3 is 1.79 bits per heavy atom. The molecule has 0 atom stereocenters. The van der Waals surface area contributed by atoms with Crippen molar-refractivity contribution >= 4 is 16.8 Å². The summed E-state index contributed by atoms with van der Waals surface area (Å²) in [5.41, 5.74) is 4.88. The summed E-state index contributed by atoms with van der Waals surface area (Å²) >= 11 is 0. The number of hydrogen-bond donors (Lipinski definition) is 0. The minimum absolute atomic E-state index is 0.0371. The molecule has 4 rings (SSSR count). The van der Waals surface area contributed by atoms with Crippen molar-refractivity contribution in [3.05, 3.63) is 95.2 Å². The highest BCUT2D eigenvalue weighted by Gasteiger charge is 2.31. The third kappa shape index (κ3) is 6.95. The predicted octanol–water partition coefficient (Wildman–Crippen LogP) is 5.83. The highest BCUT2D eigenvalue weighted by atomic mass is 16.7. The number of carbonyl (C=O) groups excluding carboxylic acids is 1. The highest BCUT2D eigenvalue weighted by Crippen LogP contribution is 2.41. The number of ether oxygens (including phenoxy) is 4. The molecular weight excluding hydrogens is 530 g/mol. The average Bonchev–Trinajstić information content (AvgIpc) is 3.33. The van der Waals surface area contributed by atoms with E-state index in [9.17, 15) is 4.79 Å². The molecule has 1 amide bonds. The van der Waals surface area contributed by atoms with Crippen LogP contribution in [0.25, 0.3) is 10.9 Å². The van der Waals surface area contributed by atoms with E-state index in [1.165, 1.54) is 0 Å². The number of carbonyl (C=O) groups is 1. The number of nitrogens with zero attached hydrogens (tertiary/aromatic N) is 3. The molecule has 8 heteroatoms. The van der Waals surface area contributed by atoms with Crippen LogP contribution in [0.1, 0.15) is 46.9 Å². The summed E-state index contributed by atoms with van der Waals surface area (Å²) in [5.74, 6) is 1.25. The smallest absolute Gasteiger partial charge is 0.270 e. The molecule has 0 bridgehead atoms. The number of methoxy groups -OCH3 is 2. The molecule has 1 heterocycles. The van der Waals surface area contributed by atoms with Crippen LogP contribution in [0.2, 0.25) is 0 Å². The first-order valence-electron chi connectivity index (χ1n) is 14.4. The second-order valence-corrected chi connectivity index (χ2v) is 10.4. The largest absolute Gasteiger partial charge is 0.468 e. The molecular formula is C34H43N3O5. The van der Waals surface area contributed by atoms with Gasteiger partial charge in [-0.2, -0.15) is 0 Å². The van der Waals surface area contributed by atoms with Gasteiger partial charge < -0.3 is 33.3 Å². The normalized spacial score (nSPS) is 11.4. The molecule has 0 aliphatic heterocycles. The van der Waals surface area contributed by atoms with Gasteiger partial charge in [-0.1, -0.05) is 42.5 Å². The fraction of sp³-hybridized carbons (Fsp3) is 0.382. The lowest BCUT2D eigenvalue weighted by atomic mass is 9.83. The first-order chi connectivity index (χ1) is 20.4. The summed E-state index contributed by atoms with van der Waals surface area (Å²) in [7, 11) is 7.32. The lowest BCUT2D eigenvalue weighted by molar-refractivity contribution is 0.0509. The van der Waals surface area contributed by atoms with Crippen molar-refractivity contribution in [2.45, 2.75) is 26.3 Å². The fourth-order valence-electron chi connectivity index (χ4n) is 5.34. The summed E-state index contributed by atoms with van der Waals surface area (Å²) < 4.78 is 23.8. The SMILES string of the molecule is CCN(CC)C(=O)c1c(C(c2ccc(OCOC)cc2)c2ccc(OCOC)cc2)c2ccccc2n1CCN(C)C. The number of para-hydroxylation sites is 1. The Bertz CT molecular complexity index is 1370. The molecule has 0 spiro atoms. The van der Waals surface area contributed by atoms with Gasteiger partial charge >= 0.3 is 0 Å². The molecule has 8 nitrogen and oxygen atoms in total. The van der Waals surface area contributed by atoms with Gasteiger partial charge in [0.05, 0.1) is 0 Å². The lowest BCUT2D eigenvalue weighted by Gasteiger charge is -2.25. The third-order valence-electron chi connectivity index (χ3n) is 7.44. The summed E-state index contributed by atoms with van der Waals surface area (Å²) in [4.78, 5) is 18.5. The molecule has 224 valence electrons. The Labute approximate surface area is 249 Å². The second kappa shape index (κ2) is 14.9. The van der Waals surface area contributed by atoms with Crippen molar-refractivity contribution in [1.82, 2.24) is 14.4 Å². The maximum absolute atomic E-state index is 14.4. The zero-order chi connectivity index (χ0) is 30.1. The first kappa shape index (κ1) is 31.1. The molecule has 3 aromatic carbocycles. The number of benzene rings is 3. The molecule has 0 fully saturated rings. The van der Waals surface area contributed by atoms with Gasteiger partial charge in [-0.05, 0) is 69.4 Å². The maximum atomic E-state index is 14.4. The van der Waals surface area contributed by atoms with E-state index in [1.807, 2.05) is 55.1 Å². The van der Waals surface area contributed by atoms with E-state index in [0.717, 1.165) is 51.3 Å². The van der Waals surface area contributed by atoms with Crippen molar-refractivity contribution in [3.63, 3.8) is 0 Å². The number of likely N-dealkylation sites (N-methyl/N-ethyl adjacent to an activating group) is 1. The number of fused-ring (bicyclic) bond motifs is 1. The van der Waals surface area contributed by atoms with Gasteiger partial charge in [-0.25, -0.2) is 0 Å². The maximum Gasteiger partial charge on any atom is 0.270 e. The summed E-state index contributed by atoms with van der Waals surface area (Å²) in [6, 6.07) is 24.4. The van der Waals surface area contributed by atoms with Gasteiger partial charge in [0.2, 0.25) is 0 Å². The van der Waals surface area contributed by atoms with Gasteiger partial charge in [-0.3, -0.25) is 4.79 Å². The van der Waals surface area contributed by atoms with Gasteiger partial charge in [0.25, 0.3) is 5.91 Å². The quantitative estimate of drug-likeness (QED) is 0.167. The van der Waals surface area contributed by atoms with Crippen molar-refractivity contribution < 1.29 is 23.7 Å².